The van der Waals surface area contributed by atoms with Gasteiger partial charge in [0.1, 0.15) is 0 Å². The summed E-state index contributed by atoms with van der Waals surface area (Å²) in [4.78, 5) is 13.9. The summed E-state index contributed by atoms with van der Waals surface area (Å²) in [7, 11) is 0. The van der Waals surface area contributed by atoms with E-state index in [4.69, 9.17) is 0 Å². The predicted octanol–water partition coefficient (Wildman–Crippen LogP) is 3.23. The Morgan fingerprint density at radius 3 is 2.53 bits per heavy atom. The molecule has 2 rings (SSSR count). The van der Waals surface area contributed by atoms with E-state index in [0.29, 0.717) is 0 Å². The number of anilines is 1. The van der Waals surface area contributed by atoms with Gasteiger partial charge in [0, 0.05) is 35.8 Å². The van der Waals surface area contributed by atoms with Crippen molar-refractivity contribution in [2.45, 2.75) is 24.7 Å². The van der Waals surface area contributed by atoms with Gasteiger partial charge < -0.3 is 4.90 Å². The van der Waals surface area contributed by atoms with Crippen LogP contribution in [0.25, 0.3) is 0 Å². The van der Waals surface area contributed by atoms with E-state index in [-0.39, 0.29) is 10.6 Å². The minimum atomic E-state index is -0.307. The van der Waals surface area contributed by atoms with Gasteiger partial charge in [-0.2, -0.15) is 0 Å². The van der Waals surface area contributed by atoms with Gasteiger partial charge in [-0.25, -0.2) is 0 Å². The molecule has 1 aliphatic rings. The summed E-state index contributed by atoms with van der Waals surface area (Å²) < 4.78 is 0. The molecule has 0 bridgehead atoms. The first-order valence-corrected chi connectivity index (χ1v) is 6.94. The Balaban J connectivity index is 2.48. The van der Waals surface area contributed by atoms with Crippen LogP contribution in [0.2, 0.25) is 0 Å². The highest BCUT2D eigenvalue weighted by Crippen LogP contribution is 2.35. The van der Waals surface area contributed by atoms with Gasteiger partial charge in [0.25, 0.3) is 5.69 Å². The lowest BCUT2D eigenvalue weighted by molar-refractivity contribution is -0.385. The number of nitrogens with zero attached hydrogens (tertiary/aromatic N) is 2. The lowest BCUT2D eigenvalue weighted by atomic mass is 10.1. The fourth-order valence-corrected chi connectivity index (χ4v) is 2.91. The molecule has 1 aromatic rings. The molecule has 5 heteroatoms. The van der Waals surface area contributed by atoms with Crippen molar-refractivity contribution in [3.63, 3.8) is 0 Å². The van der Waals surface area contributed by atoms with Crippen LogP contribution >= 0.6 is 11.8 Å². The van der Waals surface area contributed by atoms with E-state index in [1.165, 1.54) is 12.8 Å². The third-order valence-electron chi connectivity index (χ3n) is 3.19. The highest BCUT2D eigenvalue weighted by molar-refractivity contribution is 7.98. The van der Waals surface area contributed by atoms with Gasteiger partial charge in [0.05, 0.1) is 4.92 Å². The molecule has 1 fully saturated rings. The van der Waals surface area contributed by atoms with Crippen LogP contribution in [0, 0.1) is 17.0 Å². The molecule has 0 atom stereocenters. The summed E-state index contributed by atoms with van der Waals surface area (Å²) in [6.45, 7) is 4.06. The van der Waals surface area contributed by atoms with E-state index < -0.39 is 0 Å². The molecular formula is C12H16N2O2S. The summed E-state index contributed by atoms with van der Waals surface area (Å²) in [6.07, 6.45) is 4.31. The average molecular weight is 252 g/mol. The summed E-state index contributed by atoms with van der Waals surface area (Å²) in [6, 6.07) is 3.37. The molecule has 92 valence electrons. The lowest BCUT2D eigenvalue weighted by Gasteiger charge is -2.21. The van der Waals surface area contributed by atoms with Crippen molar-refractivity contribution < 1.29 is 4.92 Å². The zero-order chi connectivity index (χ0) is 12.4. The van der Waals surface area contributed by atoms with Crippen LogP contribution in [0.1, 0.15) is 18.4 Å². The van der Waals surface area contributed by atoms with Crippen molar-refractivity contribution >= 4 is 23.1 Å². The Kier molecular flexibility index (Phi) is 3.57. The van der Waals surface area contributed by atoms with E-state index in [2.05, 4.69) is 4.90 Å². The molecule has 4 nitrogen and oxygen atoms in total. The fraction of sp³-hybridized carbons (Fsp3) is 0.500. The third-order valence-corrected chi connectivity index (χ3v) is 4.06. The van der Waals surface area contributed by atoms with E-state index in [1.807, 2.05) is 13.2 Å². The summed E-state index contributed by atoms with van der Waals surface area (Å²) >= 11 is 1.57. The van der Waals surface area contributed by atoms with E-state index >= 15 is 0 Å². The van der Waals surface area contributed by atoms with Crippen molar-refractivity contribution in [2.24, 2.45) is 0 Å². The largest absolute Gasteiger partial charge is 0.371 e. The second kappa shape index (κ2) is 4.96. The molecule has 1 aromatic carbocycles. The predicted molar refractivity (Wildman–Crippen MR) is 71.1 cm³/mol. The van der Waals surface area contributed by atoms with E-state index in [9.17, 15) is 10.1 Å². The van der Waals surface area contributed by atoms with Crippen LogP contribution in [0.15, 0.2) is 17.0 Å². The van der Waals surface area contributed by atoms with Crippen LogP contribution in [-0.4, -0.2) is 24.3 Å². The molecule has 0 aliphatic carbocycles. The Hall–Kier alpha value is -1.23. The van der Waals surface area contributed by atoms with Crippen molar-refractivity contribution in [2.75, 3.05) is 24.2 Å². The molecule has 0 unspecified atom stereocenters. The van der Waals surface area contributed by atoms with Crippen molar-refractivity contribution in [1.82, 2.24) is 0 Å². The lowest BCUT2D eigenvalue weighted by Crippen LogP contribution is -2.19. The first kappa shape index (κ1) is 12.2. The van der Waals surface area contributed by atoms with Crippen molar-refractivity contribution in [3.8, 4) is 0 Å². The van der Waals surface area contributed by atoms with E-state index in [1.54, 1.807) is 23.9 Å². The highest BCUT2D eigenvalue weighted by Gasteiger charge is 2.20. The van der Waals surface area contributed by atoms with Gasteiger partial charge >= 0.3 is 0 Å². The van der Waals surface area contributed by atoms with Crippen LogP contribution in [0.5, 0.6) is 0 Å². The number of benzene rings is 1. The van der Waals surface area contributed by atoms with Gasteiger partial charge in [0.15, 0.2) is 0 Å². The molecule has 0 radical (unpaired) electrons. The molecule has 1 saturated heterocycles. The minimum Gasteiger partial charge on any atom is -0.371 e. The zero-order valence-electron chi connectivity index (χ0n) is 10.1. The Labute approximate surface area is 105 Å². The van der Waals surface area contributed by atoms with Crippen LogP contribution in [-0.2, 0) is 0 Å². The molecule has 0 spiro atoms. The number of hydrogen-bond donors (Lipinski definition) is 0. The minimum absolute atomic E-state index is 0.196. The number of rotatable bonds is 3. The average Bonchev–Trinajstić information content (AvgIpc) is 2.82. The normalized spacial score (nSPS) is 15.3. The van der Waals surface area contributed by atoms with Gasteiger partial charge in [-0.05, 0) is 31.6 Å². The maximum Gasteiger partial charge on any atom is 0.272 e. The smallest absolute Gasteiger partial charge is 0.272 e. The molecule has 0 saturated carbocycles. The van der Waals surface area contributed by atoms with Crippen LogP contribution in [0.3, 0.4) is 0 Å². The van der Waals surface area contributed by atoms with Crippen molar-refractivity contribution in [1.29, 1.82) is 0 Å². The molecule has 1 aliphatic heterocycles. The highest BCUT2D eigenvalue weighted by atomic mass is 32.2. The second-order valence-corrected chi connectivity index (χ2v) is 5.09. The van der Waals surface area contributed by atoms with Crippen LogP contribution in [0.4, 0.5) is 11.4 Å². The van der Waals surface area contributed by atoms with Gasteiger partial charge in [-0.15, -0.1) is 11.8 Å². The van der Waals surface area contributed by atoms with Gasteiger partial charge in [0.2, 0.25) is 0 Å². The second-order valence-electron chi connectivity index (χ2n) is 4.24. The molecule has 0 amide bonds. The SMILES string of the molecule is CSc1cc([N+](=O)[O-])cc(N2CCCC2)c1C. The Morgan fingerprint density at radius 2 is 2.00 bits per heavy atom. The number of non-ortho nitro benzene ring substituents is 1. The topological polar surface area (TPSA) is 46.4 Å². The summed E-state index contributed by atoms with van der Waals surface area (Å²) in [5.41, 5.74) is 2.38. The molecule has 1 heterocycles. The zero-order valence-corrected chi connectivity index (χ0v) is 10.9. The quantitative estimate of drug-likeness (QED) is 0.471. The molecule has 0 aromatic heterocycles. The summed E-state index contributed by atoms with van der Waals surface area (Å²) in [5.74, 6) is 0. The van der Waals surface area contributed by atoms with E-state index in [0.717, 1.165) is 29.2 Å². The molecule has 0 N–H and O–H groups in total. The van der Waals surface area contributed by atoms with Crippen molar-refractivity contribution in [3.05, 3.63) is 27.8 Å². The Bertz CT molecular complexity index is 442. The van der Waals surface area contributed by atoms with Crippen LogP contribution < -0.4 is 4.90 Å². The fourth-order valence-electron chi connectivity index (χ4n) is 2.26. The monoisotopic (exact) mass is 252 g/mol. The third kappa shape index (κ3) is 2.39. The number of nitro groups is 1. The first-order valence-electron chi connectivity index (χ1n) is 5.71. The molecular weight excluding hydrogens is 236 g/mol. The number of hydrogen-bond acceptors (Lipinski definition) is 4. The number of nitro benzene ring substituents is 1. The maximum absolute atomic E-state index is 10.9. The Morgan fingerprint density at radius 1 is 1.35 bits per heavy atom. The summed E-state index contributed by atoms with van der Waals surface area (Å²) in [5, 5.41) is 10.9. The van der Waals surface area contributed by atoms with Gasteiger partial charge in [-0.3, -0.25) is 10.1 Å². The maximum atomic E-state index is 10.9. The first-order chi connectivity index (χ1) is 8.13. The van der Waals surface area contributed by atoms with Gasteiger partial charge in [-0.1, -0.05) is 0 Å². The molecule has 17 heavy (non-hydrogen) atoms. The number of thioether (sulfide) groups is 1. The standard InChI is InChI=1S/C12H16N2O2S/c1-9-11(13-5-3-4-6-13)7-10(14(15)16)8-12(9)17-2/h7-8H,3-6H2,1-2H3.